The van der Waals surface area contributed by atoms with Gasteiger partial charge in [-0.15, -0.1) is 0 Å². The molecule has 2 aromatic carbocycles. The van der Waals surface area contributed by atoms with Gasteiger partial charge in [0.1, 0.15) is 25.0 Å². The van der Waals surface area contributed by atoms with Crippen LogP contribution in [0.15, 0.2) is 42.1 Å². The Bertz CT molecular complexity index is 1590. The highest BCUT2D eigenvalue weighted by Gasteiger charge is 2.40. The van der Waals surface area contributed by atoms with Crippen LogP contribution < -0.4 is 16.0 Å². The zero-order chi connectivity index (χ0) is 36.3. The fourth-order valence-corrected chi connectivity index (χ4v) is 6.35. The number of rotatable bonds is 17. The Morgan fingerprint density at radius 2 is 1.96 bits per heavy atom. The van der Waals surface area contributed by atoms with Crippen molar-refractivity contribution in [2.45, 2.75) is 92.2 Å². The lowest BCUT2D eigenvalue weighted by molar-refractivity contribution is -0.142. The van der Waals surface area contributed by atoms with Crippen molar-refractivity contribution in [3.63, 3.8) is 0 Å². The van der Waals surface area contributed by atoms with E-state index < -0.39 is 17.5 Å². The minimum absolute atomic E-state index is 0.161. The van der Waals surface area contributed by atoms with Gasteiger partial charge in [-0.1, -0.05) is 44.5 Å². The summed E-state index contributed by atoms with van der Waals surface area (Å²) in [4.78, 5) is 41.6. The number of aryl methyl sites for hydroxylation is 1. The predicted octanol–water partition coefficient (Wildman–Crippen LogP) is 6.69. The standard InChI is InChI=1S/C38H51ClN6O4/c1-7-38(5,6)36(37(48)45-18-11-12-31(45)23-46)43-34(47)24-49-19-10-8-9-17-44(30-16-15-29(22-40)32(39)21-30)33-20-28(14-13-25(33)2)35(26(3)41)27(4)42/h13-16,20-21,23,31,36,41H,7-12,17-19,24,42H2,1-6H3,(H,43,47). The third kappa shape index (κ3) is 10.2. The van der Waals surface area contributed by atoms with Crippen LogP contribution in [-0.4, -0.2) is 67.1 Å². The van der Waals surface area contributed by atoms with Crippen molar-refractivity contribution < 1.29 is 19.1 Å². The Morgan fingerprint density at radius 1 is 1.22 bits per heavy atom. The van der Waals surface area contributed by atoms with Crippen LogP contribution in [0.3, 0.4) is 0 Å². The predicted molar refractivity (Wildman–Crippen MR) is 196 cm³/mol. The number of carbonyl (C=O) groups is 3. The molecule has 3 rings (SSSR count). The van der Waals surface area contributed by atoms with Gasteiger partial charge in [0.25, 0.3) is 0 Å². The maximum atomic E-state index is 13.4. The number of halogens is 1. The first-order valence-corrected chi connectivity index (χ1v) is 17.4. The van der Waals surface area contributed by atoms with E-state index in [-0.39, 0.29) is 18.4 Å². The first kappa shape index (κ1) is 39.2. The number of nitrogens with zero attached hydrogens (tertiary/aromatic N) is 3. The summed E-state index contributed by atoms with van der Waals surface area (Å²) in [6, 6.07) is 12.3. The molecule has 0 aliphatic carbocycles. The third-order valence-corrected chi connectivity index (χ3v) is 9.64. The molecule has 11 heteroatoms. The van der Waals surface area contributed by atoms with Gasteiger partial charge in [0, 0.05) is 48.1 Å². The molecule has 1 aliphatic heterocycles. The van der Waals surface area contributed by atoms with Gasteiger partial charge in [-0.2, -0.15) is 5.26 Å². The molecule has 4 N–H and O–H groups in total. The summed E-state index contributed by atoms with van der Waals surface area (Å²) in [5.74, 6) is -0.579. The van der Waals surface area contributed by atoms with Gasteiger partial charge in [-0.05, 0) is 100 Å². The number of ether oxygens (including phenoxy) is 1. The van der Waals surface area contributed by atoms with Crippen molar-refractivity contribution in [2.75, 3.05) is 31.2 Å². The average Bonchev–Trinajstić information content (AvgIpc) is 3.54. The Labute approximate surface area is 296 Å². The summed E-state index contributed by atoms with van der Waals surface area (Å²) in [5, 5.41) is 21.0. The molecule has 0 bridgehead atoms. The van der Waals surface area contributed by atoms with E-state index in [0.29, 0.717) is 60.1 Å². The molecule has 0 saturated carbocycles. The lowest BCUT2D eigenvalue weighted by Crippen LogP contribution is -2.57. The highest BCUT2D eigenvalue weighted by Crippen LogP contribution is 2.34. The minimum Gasteiger partial charge on any atom is -0.402 e. The summed E-state index contributed by atoms with van der Waals surface area (Å²) in [6.45, 7) is 12.8. The first-order valence-electron chi connectivity index (χ1n) is 17.0. The van der Waals surface area contributed by atoms with Crippen molar-refractivity contribution in [3.8, 4) is 6.07 Å². The van der Waals surface area contributed by atoms with Crippen molar-refractivity contribution >= 4 is 52.4 Å². The lowest BCUT2D eigenvalue weighted by atomic mass is 9.81. The van der Waals surface area contributed by atoms with E-state index in [1.807, 2.05) is 52.0 Å². The molecule has 2 atom stereocenters. The second kappa shape index (κ2) is 18.0. The van der Waals surface area contributed by atoms with Gasteiger partial charge in [0.15, 0.2) is 0 Å². The highest BCUT2D eigenvalue weighted by molar-refractivity contribution is 6.32. The number of aldehydes is 1. The Kier molecular flexibility index (Phi) is 14.4. The molecule has 1 heterocycles. The summed E-state index contributed by atoms with van der Waals surface area (Å²) in [7, 11) is 0. The smallest absolute Gasteiger partial charge is 0.246 e. The summed E-state index contributed by atoms with van der Waals surface area (Å²) >= 11 is 6.45. The number of amides is 2. The average molecular weight is 691 g/mol. The largest absolute Gasteiger partial charge is 0.402 e. The molecule has 10 nitrogen and oxygen atoms in total. The Hall–Kier alpha value is -4.20. The van der Waals surface area contributed by atoms with E-state index in [1.54, 1.807) is 30.9 Å². The second-order valence-corrected chi connectivity index (χ2v) is 13.9. The van der Waals surface area contributed by atoms with Crippen LogP contribution in [0.5, 0.6) is 0 Å². The van der Waals surface area contributed by atoms with E-state index in [0.717, 1.165) is 54.5 Å². The molecule has 0 radical (unpaired) electrons. The molecule has 0 spiro atoms. The van der Waals surface area contributed by atoms with Gasteiger partial charge >= 0.3 is 0 Å². The number of unbranched alkanes of at least 4 members (excludes halogenated alkanes) is 2. The number of hydrogen-bond acceptors (Lipinski definition) is 8. The summed E-state index contributed by atoms with van der Waals surface area (Å²) in [5.41, 5.74) is 11.4. The Morgan fingerprint density at radius 3 is 2.57 bits per heavy atom. The van der Waals surface area contributed by atoms with Crippen LogP contribution in [0.2, 0.25) is 5.02 Å². The molecule has 264 valence electrons. The maximum Gasteiger partial charge on any atom is 0.246 e. The molecule has 1 fully saturated rings. The normalized spacial score (nSPS) is 15.6. The molecular formula is C38H51ClN6O4. The number of nitriles is 1. The van der Waals surface area contributed by atoms with Crippen molar-refractivity contribution in [1.82, 2.24) is 10.2 Å². The lowest BCUT2D eigenvalue weighted by Gasteiger charge is -2.36. The van der Waals surface area contributed by atoms with E-state index >= 15 is 0 Å². The molecule has 1 saturated heterocycles. The van der Waals surface area contributed by atoms with Crippen molar-refractivity contribution in [1.29, 1.82) is 10.7 Å². The maximum absolute atomic E-state index is 13.4. The number of benzene rings is 2. The quantitative estimate of drug-likeness (QED) is 0.0950. The Balaban J connectivity index is 1.64. The van der Waals surface area contributed by atoms with Gasteiger partial charge < -0.3 is 35.8 Å². The van der Waals surface area contributed by atoms with E-state index in [1.165, 1.54) is 0 Å². The van der Waals surface area contributed by atoms with Crippen molar-refractivity contribution in [2.24, 2.45) is 11.1 Å². The fraction of sp³-hybridized carbons (Fsp3) is 0.500. The molecule has 49 heavy (non-hydrogen) atoms. The van der Waals surface area contributed by atoms with Crippen molar-refractivity contribution in [3.05, 3.63) is 63.8 Å². The second-order valence-electron chi connectivity index (χ2n) is 13.4. The van der Waals surface area contributed by atoms with Crippen LogP contribution >= 0.6 is 11.6 Å². The number of anilines is 2. The number of likely N-dealkylation sites (tertiary alicyclic amines) is 1. The molecule has 2 aromatic rings. The first-order chi connectivity index (χ1) is 23.2. The summed E-state index contributed by atoms with van der Waals surface area (Å²) in [6.07, 6.45) is 5.25. The van der Waals surface area contributed by atoms with Gasteiger partial charge in [-0.3, -0.25) is 9.59 Å². The van der Waals surface area contributed by atoms with Crippen LogP contribution in [0.1, 0.15) is 89.8 Å². The monoisotopic (exact) mass is 690 g/mol. The number of carbonyl (C=O) groups excluding carboxylic acids is 3. The molecule has 1 aliphatic rings. The number of allylic oxidation sites excluding steroid dienone is 2. The van der Waals surface area contributed by atoms with E-state index in [2.05, 4.69) is 16.3 Å². The topological polar surface area (TPSA) is 153 Å². The summed E-state index contributed by atoms with van der Waals surface area (Å²) < 4.78 is 5.72. The fourth-order valence-electron chi connectivity index (χ4n) is 6.13. The SMILES string of the molecule is CCC(C)(C)C(NC(=O)COCCCCCN(c1ccc(C#N)c(Cl)c1)c1cc(C(C(C)=N)=C(C)N)ccc1C)C(=O)N1CCCC1C=O. The highest BCUT2D eigenvalue weighted by atomic mass is 35.5. The van der Waals surface area contributed by atoms with Crippen LogP contribution in [-0.2, 0) is 19.1 Å². The van der Waals surface area contributed by atoms with Crippen LogP contribution in [0, 0.1) is 29.1 Å². The van der Waals surface area contributed by atoms with Gasteiger partial charge in [-0.25, -0.2) is 0 Å². The third-order valence-electron chi connectivity index (χ3n) is 9.33. The molecule has 2 amide bonds. The number of nitrogens with two attached hydrogens (primary N) is 1. The minimum atomic E-state index is -0.749. The van der Waals surface area contributed by atoms with Crippen LogP contribution in [0.25, 0.3) is 5.57 Å². The van der Waals surface area contributed by atoms with Crippen LogP contribution in [0.4, 0.5) is 11.4 Å². The molecular weight excluding hydrogens is 640 g/mol. The zero-order valence-corrected chi connectivity index (χ0v) is 30.5. The van der Waals surface area contributed by atoms with E-state index in [4.69, 9.17) is 27.5 Å². The van der Waals surface area contributed by atoms with E-state index in [9.17, 15) is 19.6 Å². The van der Waals surface area contributed by atoms with Gasteiger partial charge in [0.2, 0.25) is 11.8 Å². The molecule has 2 unspecified atom stereocenters. The zero-order valence-electron chi connectivity index (χ0n) is 29.7. The molecule has 0 aromatic heterocycles. The number of nitrogens with one attached hydrogen (secondary N) is 2. The number of hydrogen-bond donors (Lipinski definition) is 3. The van der Waals surface area contributed by atoms with Gasteiger partial charge in [0.05, 0.1) is 16.6 Å².